The zero-order chi connectivity index (χ0) is 23.0. The average molecular weight is 455 g/mol. The Morgan fingerprint density at radius 3 is 2.45 bits per heavy atom. The number of halogens is 4. The van der Waals surface area contributed by atoms with Gasteiger partial charge < -0.3 is 4.57 Å². The highest BCUT2D eigenvalue weighted by molar-refractivity contribution is 7.95. The zero-order valence-electron chi connectivity index (χ0n) is 18.1. The number of nitrogens with zero attached hydrogens (tertiary/aromatic N) is 3. The molecule has 3 aromatic rings. The first-order valence-corrected chi connectivity index (χ1v) is 10.5. The first-order chi connectivity index (χ1) is 14.4. The second-order valence-electron chi connectivity index (χ2n) is 8.81. The quantitative estimate of drug-likeness (QED) is 0.359. The van der Waals surface area contributed by atoms with Crippen molar-refractivity contribution in [2.24, 2.45) is 5.41 Å². The highest BCUT2D eigenvalue weighted by atomic mass is 32.2. The van der Waals surface area contributed by atoms with Crippen LogP contribution in [0.25, 0.3) is 22.0 Å². The van der Waals surface area contributed by atoms with Gasteiger partial charge in [-0.1, -0.05) is 26.8 Å². The summed E-state index contributed by atoms with van der Waals surface area (Å²) in [5.41, 5.74) is 0.0291. The first kappa shape index (κ1) is 23.6. The summed E-state index contributed by atoms with van der Waals surface area (Å²) in [7, 11) is 3.80. The summed E-state index contributed by atoms with van der Waals surface area (Å²) in [5, 5.41) is 0.676. The fourth-order valence-electron chi connectivity index (χ4n) is 3.46. The largest absolute Gasteiger partial charge is 0.433 e. The normalized spacial score (nSPS) is 12.8. The predicted molar refractivity (Wildman–Crippen MR) is 118 cm³/mol. The van der Waals surface area contributed by atoms with Crippen LogP contribution < -0.4 is 4.72 Å². The molecule has 3 rings (SSSR count). The SMILES string of the molecule is CN(C)SNCc1cn(CC(C)(C)C)c2cc(-c3cccnc3C(F)(F)F)c(F)cc12. The van der Waals surface area contributed by atoms with Gasteiger partial charge in [-0.2, -0.15) is 13.2 Å². The number of alkyl halides is 3. The molecule has 0 aliphatic rings. The van der Waals surface area contributed by atoms with Crippen LogP contribution in [0.5, 0.6) is 0 Å². The van der Waals surface area contributed by atoms with Crippen LogP contribution in [0.15, 0.2) is 36.7 Å². The van der Waals surface area contributed by atoms with Gasteiger partial charge in [0.2, 0.25) is 0 Å². The number of aromatic nitrogens is 2. The van der Waals surface area contributed by atoms with Crippen molar-refractivity contribution in [3.63, 3.8) is 0 Å². The van der Waals surface area contributed by atoms with E-state index in [0.29, 0.717) is 24.0 Å². The maximum Gasteiger partial charge on any atom is 0.433 e. The fourth-order valence-corrected chi connectivity index (χ4v) is 3.94. The molecule has 0 atom stereocenters. The Balaban J connectivity index is 2.17. The van der Waals surface area contributed by atoms with E-state index >= 15 is 4.39 Å². The van der Waals surface area contributed by atoms with E-state index in [2.05, 4.69) is 30.5 Å². The van der Waals surface area contributed by atoms with Crippen molar-refractivity contribution in [1.82, 2.24) is 18.6 Å². The van der Waals surface area contributed by atoms with Gasteiger partial charge in [-0.3, -0.25) is 4.98 Å². The lowest BCUT2D eigenvalue weighted by Crippen LogP contribution is -2.15. The van der Waals surface area contributed by atoms with Crippen LogP contribution in [0.1, 0.15) is 32.0 Å². The molecule has 0 radical (unpaired) electrons. The maximum absolute atomic E-state index is 15.1. The monoisotopic (exact) mass is 454 g/mol. The lowest BCUT2D eigenvalue weighted by Gasteiger charge is -2.20. The van der Waals surface area contributed by atoms with Crippen LogP contribution in [0, 0.1) is 11.2 Å². The van der Waals surface area contributed by atoms with E-state index < -0.39 is 17.7 Å². The average Bonchev–Trinajstić information content (AvgIpc) is 2.95. The summed E-state index contributed by atoms with van der Waals surface area (Å²) < 4.78 is 62.7. The maximum atomic E-state index is 15.1. The summed E-state index contributed by atoms with van der Waals surface area (Å²) in [6, 6.07) is 5.48. The number of hydrogen-bond acceptors (Lipinski definition) is 4. The summed E-state index contributed by atoms with van der Waals surface area (Å²) in [6.45, 7) is 7.34. The molecule has 0 saturated carbocycles. The topological polar surface area (TPSA) is 33.1 Å². The molecule has 1 N–H and O–H groups in total. The van der Waals surface area contributed by atoms with E-state index in [0.717, 1.165) is 11.8 Å². The highest BCUT2D eigenvalue weighted by Gasteiger charge is 2.36. The molecule has 31 heavy (non-hydrogen) atoms. The van der Waals surface area contributed by atoms with E-state index in [1.807, 2.05) is 29.2 Å². The van der Waals surface area contributed by atoms with Crippen molar-refractivity contribution >= 4 is 23.0 Å². The van der Waals surface area contributed by atoms with Crippen LogP contribution >= 0.6 is 12.1 Å². The van der Waals surface area contributed by atoms with E-state index in [9.17, 15) is 13.2 Å². The lowest BCUT2D eigenvalue weighted by molar-refractivity contribution is -0.140. The van der Waals surface area contributed by atoms with Crippen molar-refractivity contribution in [3.05, 3.63) is 53.7 Å². The van der Waals surface area contributed by atoms with E-state index in [1.54, 1.807) is 0 Å². The Bertz CT molecular complexity index is 1070. The molecule has 4 nitrogen and oxygen atoms in total. The first-order valence-electron chi connectivity index (χ1n) is 9.78. The van der Waals surface area contributed by atoms with Crippen molar-refractivity contribution in [3.8, 4) is 11.1 Å². The molecule has 168 valence electrons. The van der Waals surface area contributed by atoms with Gasteiger partial charge in [-0.15, -0.1) is 0 Å². The molecule has 0 fully saturated rings. The molecular weight excluding hydrogens is 428 g/mol. The second kappa shape index (κ2) is 8.80. The number of pyridine rings is 1. The summed E-state index contributed by atoms with van der Waals surface area (Å²) in [4.78, 5) is 3.48. The number of nitrogens with one attached hydrogen (secondary N) is 1. The molecule has 2 heterocycles. The standard InChI is InChI=1S/C22H26F4N4S/c1-21(2,3)13-30-12-14(11-28-31-29(4)5)16-9-18(23)17(10-19(16)30)15-7-6-8-27-20(15)22(24,25)26/h6-10,12,28H,11,13H2,1-5H3. The van der Waals surface area contributed by atoms with Gasteiger partial charge in [0.25, 0.3) is 0 Å². The third kappa shape index (κ3) is 5.58. The third-order valence-electron chi connectivity index (χ3n) is 4.57. The molecular formula is C22H26F4N4S. The van der Waals surface area contributed by atoms with Crippen LogP contribution in [-0.4, -0.2) is 28.0 Å². The number of hydrogen-bond donors (Lipinski definition) is 1. The molecule has 0 amide bonds. The number of fused-ring (bicyclic) bond motifs is 1. The number of benzene rings is 1. The van der Waals surface area contributed by atoms with Crippen LogP contribution in [0.4, 0.5) is 17.6 Å². The molecule has 2 aromatic heterocycles. The number of rotatable bonds is 6. The minimum Gasteiger partial charge on any atom is -0.347 e. The summed E-state index contributed by atoms with van der Waals surface area (Å²) in [5.74, 6) is -0.707. The highest BCUT2D eigenvalue weighted by Crippen LogP contribution is 2.38. The Morgan fingerprint density at radius 1 is 1.13 bits per heavy atom. The molecule has 0 unspecified atom stereocenters. The van der Waals surface area contributed by atoms with Crippen molar-refractivity contribution in [1.29, 1.82) is 0 Å². The van der Waals surface area contributed by atoms with Crippen LogP contribution in [0.2, 0.25) is 0 Å². The third-order valence-corrected chi connectivity index (χ3v) is 5.21. The van der Waals surface area contributed by atoms with Gasteiger partial charge in [0.1, 0.15) is 5.82 Å². The van der Waals surface area contributed by atoms with Crippen LogP contribution in [-0.2, 0) is 19.3 Å². The van der Waals surface area contributed by atoms with E-state index in [-0.39, 0.29) is 16.5 Å². The minimum atomic E-state index is -4.68. The van der Waals surface area contributed by atoms with Gasteiger partial charge in [-0.25, -0.2) is 13.4 Å². The van der Waals surface area contributed by atoms with Gasteiger partial charge in [-0.05, 0) is 43.3 Å². The smallest absolute Gasteiger partial charge is 0.347 e. The van der Waals surface area contributed by atoms with Crippen LogP contribution in [0.3, 0.4) is 0 Å². The van der Waals surface area contributed by atoms with Gasteiger partial charge in [0.05, 0.1) is 0 Å². The Hall–Kier alpha value is -2.10. The molecule has 0 bridgehead atoms. The molecule has 9 heteroatoms. The van der Waals surface area contributed by atoms with Crippen molar-refractivity contribution in [2.75, 3.05) is 14.1 Å². The van der Waals surface area contributed by atoms with Gasteiger partial charge in [0, 0.05) is 59.6 Å². The zero-order valence-corrected chi connectivity index (χ0v) is 19.0. The fraction of sp³-hybridized carbons (Fsp3) is 0.409. The molecule has 0 spiro atoms. The Kier molecular flexibility index (Phi) is 6.69. The van der Waals surface area contributed by atoms with Crippen molar-refractivity contribution < 1.29 is 17.6 Å². The van der Waals surface area contributed by atoms with Gasteiger partial charge in [0.15, 0.2) is 5.69 Å². The Labute approximate surface area is 183 Å². The summed E-state index contributed by atoms with van der Waals surface area (Å²) >= 11 is 1.41. The predicted octanol–water partition coefficient (Wildman–Crippen LogP) is 6.12. The van der Waals surface area contributed by atoms with Crippen molar-refractivity contribution in [2.45, 2.75) is 40.0 Å². The molecule has 1 aromatic carbocycles. The van der Waals surface area contributed by atoms with E-state index in [4.69, 9.17) is 0 Å². The lowest BCUT2D eigenvalue weighted by atomic mass is 9.96. The second-order valence-corrected chi connectivity index (χ2v) is 10.0. The molecule has 0 aliphatic heterocycles. The molecule has 0 saturated heterocycles. The van der Waals surface area contributed by atoms with E-state index in [1.165, 1.54) is 36.4 Å². The Morgan fingerprint density at radius 2 is 1.84 bits per heavy atom. The molecule has 0 aliphatic carbocycles. The summed E-state index contributed by atoms with van der Waals surface area (Å²) in [6.07, 6.45) is -1.67. The van der Waals surface area contributed by atoms with Gasteiger partial charge >= 0.3 is 6.18 Å². The minimum absolute atomic E-state index is 0.0744.